The third kappa shape index (κ3) is 2.69. The van der Waals surface area contributed by atoms with Crippen LogP contribution < -0.4 is 4.90 Å². The highest BCUT2D eigenvalue weighted by atomic mass is 16.3. The second-order valence-corrected chi connectivity index (χ2v) is 3.96. The summed E-state index contributed by atoms with van der Waals surface area (Å²) in [5, 5.41) is 9.64. The zero-order valence-electron chi connectivity index (χ0n) is 9.94. The van der Waals surface area contributed by atoms with Crippen molar-refractivity contribution in [2.45, 2.75) is 39.3 Å². The van der Waals surface area contributed by atoms with Gasteiger partial charge in [-0.15, -0.1) is 0 Å². The molecule has 84 valence electrons. The van der Waals surface area contributed by atoms with Crippen LogP contribution in [-0.2, 0) is 0 Å². The fourth-order valence-electron chi connectivity index (χ4n) is 1.51. The van der Waals surface area contributed by atoms with Gasteiger partial charge in [-0.25, -0.2) is 4.98 Å². The zero-order chi connectivity index (χ0) is 11.4. The Morgan fingerprint density at radius 2 is 2.13 bits per heavy atom. The Morgan fingerprint density at radius 1 is 1.47 bits per heavy atom. The lowest BCUT2D eigenvalue weighted by atomic mass is 10.1. The summed E-state index contributed by atoms with van der Waals surface area (Å²) in [6, 6.07) is 4.21. The smallest absolute Gasteiger partial charge is 0.134 e. The van der Waals surface area contributed by atoms with Crippen LogP contribution in [0, 0.1) is 0 Å². The molecule has 0 aliphatic rings. The van der Waals surface area contributed by atoms with Gasteiger partial charge in [-0.2, -0.15) is 0 Å². The van der Waals surface area contributed by atoms with Gasteiger partial charge in [-0.1, -0.05) is 13.0 Å². The summed E-state index contributed by atoms with van der Waals surface area (Å²) in [5.41, 5.74) is 0.889. The van der Waals surface area contributed by atoms with Crippen molar-refractivity contribution in [3.05, 3.63) is 23.9 Å². The molecule has 0 amide bonds. The van der Waals surface area contributed by atoms with Crippen LogP contribution in [0.2, 0.25) is 0 Å². The maximum absolute atomic E-state index is 9.64. The number of hydrogen-bond acceptors (Lipinski definition) is 3. The number of hydrogen-bond donors (Lipinski definition) is 1. The summed E-state index contributed by atoms with van der Waals surface area (Å²) < 4.78 is 0. The molecule has 1 aromatic heterocycles. The molecule has 3 nitrogen and oxygen atoms in total. The van der Waals surface area contributed by atoms with Crippen molar-refractivity contribution in [1.29, 1.82) is 0 Å². The predicted octanol–water partition coefficient (Wildman–Crippen LogP) is 2.37. The van der Waals surface area contributed by atoms with Gasteiger partial charge in [0.2, 0.25) is 0 Å². The van der Waals surface area contributed by atoms with Crippen LogP contribution in [-0.4, -0.2) is 23.2 Å². The summed E-state index contributed by atoms with van der Waals surface area (Å²) in [6.07, 6.45) is 2.35. The average Bonchev–Trinajstić information content (AvgIpc) is 2.27. The van der Waals surface area contributed by atoms with Crippen LogP contribution in [0.3, 0.4) is 0 Å². The number of aliphatic hydroxyl groups is 1. The first-order valence-corrected chi connectivity index (χ1v) is 5.43. The second kappa shape index (κ2) is 5.12. The van der Waals surface area contributed by atoms with E-state index in [2.05, 4.69) is 23.7 Å². The largest absolute Gasteiger partial charge is 0.389 e. The van der Waals surface area contributed by atoms with E-state index < -0.39 is 6.10 Å². The van der Waals surface area contributed by atoms with Crippen molar-refractivity contribution in [2.24, 2.45) is 0 Å². The van der Waals surface area contributed by atoms with E-state index in [-0.39, 0.29) is 0 Å². The van der Waals surface area contributed by atoms with Gasteiger partial charge in [0.25, 0.3) is 0 Å². The zero-order valence-corrected chi connectivity index (χ0v) is 9.94. The number of anilines is 1. The lowest BCUT2D eigenvalue weighted by Gasteiger charge is -2.27. The minimum Gasteiger partial charge on any atom is -0.389 e. The molecule has 0 radical (unpaired) electrons. The van der Waals surface area contributed by atoms with Crippen molar-refractivity contribution in [3.8, 4) is 0 Å². The van der Waals surface area contributed by atoms with E-state index in [1.165, 1.54) is 0 Å². The van der Waals surface area contributed by atoms with E-state index in [4.69, 9.17) is 0 Å². The van der Waals surface area contributed by atoms with Gasteiger partial charge < -0.3 is 10.0 Å². The molecule has 0 saturated carbocycles. The van der Waals surface area contributed by atoms with E-state index in [9.17, 15) is 5.11 Å². The van der Waals surface area contributed by atoms with Crippen molar-refractivity contribution in [1.82, 2.24) is 4.98 Å². The van der Waals surface area contributed by atoms with Crippen molar-refractivity contribution in [3.63, 3.8) is 0 Å². The van der Waals surface area contributed by atoms with Crippen LogP contribution in [0.1, 0.15) is 38.9 Å². The highest BCUT2D eigenvalue weighted by molar-refractivity contribution is 5.47. The molecular weight excluding hydrogens is 188 g/mol. The highest BCUT2D eigenvalue weighted by Gasteiger charge is 2.15. The van der Waals surface area contributed by atoms with Gasteiger partial charge in [0.05, 0.1) is 6.10 Å². The number of pyridine rings is 1. The Balaban J connectivity index is 3.02. The molecule has 0 bridgehead atoms. The monoisotopic (exact) mass is 208 g/mol. The van der Waals surface area contributed by atoms with Crippen LogP contribution in [0.4, 0.5) is 5.82 Å². The molecule has 0 aromatic carbocycles. The standard InChI is InChI=1S/C12H20N2O/c1-5-9(2)14(4)12-11(10(3)15)7-6-8-13-12/h6-10,15H,5H2,1-4H3/t9?,10-/m0/s1. The van der Waals surface area contributed by atoms with Gasteiger partial charge in [0.1, 0.15) is 5.82 Å². The summed E-state index contributed by atoms with van der Waals surface area (Å²) >= 11 is 0. The van der Waals surface area contributed by atoms with Crippen LogP contribution in [0.5, 0.6) is 0 Å². The lowest BCUT2D eigenvalue weighted by Crippen LogP contribution is -2.30. The molecule has 1 rings (SSSR count). The summed E-state index contributed by atoms with van der Waals surface area (Å²) in [6.45, 7) is 6.07. The normalized spacial score (nSPS) is 14.7. The molecule has 0 saturated heterocycles. The maximum atomic E-state index is 9.64. The average molecular weight is 208 g/mol. The second-order valence-electron chi connectivity index (χ2n) is 3.96. The van der Waals surface area contributed by atoms with Crippen LogP contribution in [0.15, 0.2) is 18.3 Å². The number of rotatable bonds is 4. The molecular formula is C12H20N2O. The van der Waals surface area contributed by atoms with Crippen LogP contribution >= 0.6 is 0 Å². The first-order chi connectivity index (χ1) is 7.07. The topological polar surface area (TPSA) is 36.4 Å². The molecule has 1 aromatic rings. The van der Waals surface area contributed by atoms with Gasteiger partial charge in [-0.05, 0) is 26.3 Å². The van der Waals surface area contributed by atoms with Crippen LogP contribution in [0.25, 0.3) is 0 Å². The first-order valence-electron chi connectivity index (χ1n) is 5.43. The summed E-state index contributed by atoms with van der Waals surface area (Å²) in [4.78, 5) is 6.45. The summed E-state index contributed by atoms with van der Waals surface area (Å²) in [7, 11) is 2.02. The van der Waals surface area contributed by atoms with E-state index in [1.807, 2.05) is 19.2 Å². The molecule has 2 atom stereocenters. The number of aliphatic hydroxyl groups excluding tert-OH is 1. The molecule has 3 heteroatoms. The van der Waals surface area contributed by atoms with E-state index in [0.717, 1.165) is 17.8 Å². The molecule has 1 heterocycles. The predicted molar refractivity (Wildman–Crippen MR) is 63.0 cm³/mol. The van der Waals surface area contributed by atoms with Crippen molar-refractivity contribution < 1.29 is 5.11 Å². The Labute approximate surface area is 91.8 Å². The molecule has 0 aliphatic heterocycles. The third-order valence-corrected chi connectivity index (χ3v) is 2.85. The van der Waals surface area contributed by atoms with Gasteiger partial charge in [-0.3, -0.25) is 0 Å². The lowest BCUT2D eigenvalue weighted by molar-refractivity contribution is 0.199. The first kappa shape index (κ1) is 12.0. The minimum atomic E-state index is -0.472. The Kier molecular flexibility index (Phi) is 4.09. The number of nitrogens with zero attached hydrogens (tertiary/aromatic N) is 2. The van der Waals surface area contributed by atoms with Crippen molar-refractivity contribution >= 4 is 5.82 Å². The van der Waals surface area contributed by atoms with E-state index in [1.54, 1.807) is 13.1 Å². The minimum absolute atomic E-state index is 0.428. The molecule has 1 N–H and O–H groups in total. The molecule has 0 fully saturated rings. The summed E-state index contributed by atoms with van der Waals surface area (Å²) in [5.74, 6) is 0.877. The van der Waals surface area contributed by atoms with Gasteiger partial charge >= 0.3 is 0 Å². The Hall–Kier alpha value is -1.09. The van der Waals surface area contributed by atoms with E-state index in [0.29, 0.717) is 6.04 Å². The number of aromatic nitrogens is 1. The van der Waals surface area contributed by atoms with Crippen molar-refractivity contribution in [2.75, 3.05) is 11.9 Å². The highest BCUT2D eigenvalue weighted by Crippen LogP contribution is 2.24. The third-order valence-electron chi connectivity index (χ3n) is 2.85. The fourth-order valence-corrected chi connectivity index (χ4v) is 1.51. The van der Waals surface area contributed by atoms with E-state index >= 15 is 0 Å². The molecule has 0 spiro atoms. The fraction of sp³-hybridized carbons (Fsp3) is 0.583. The maximum Gasteiger partial charge on any atom is 0.134 e. The van der Waals surface area contributed by atoms with Gasteiger partial charge in [0.15, 0.2) is 0 Å². The Bertz CT molecular complexity index is 312. The molecule has 1 unspecified atom stereocenters. The van der Waals surface area contributed by atoms with Gasteiger partial charge in [0, 0.05) is 24.8 Å². The SMILES string of the molecule is CCC(C)N(C)c1ncccc1[C@H](C)O. The Morgan fingerprint density at radius 3 is 2.67 bits per heavy atom. The quantitative estimate of drug-likeness (QED) is 0.825. The molecule has 0 aliphatic carbocycles. The molecule has 15 heavy (non-hydrogen) atoms.